The summed E-state index contributed by atoms with van der Waals surface area (Å²) < 4.78 is 0. The molecule has 1 atom stereocenters. The number of aryl methyl sites for hydroxylation is 1. The minimum Gasteiger partial charge on any atom is -0.346 e. The van der Waals surface area contributed by atoms with E-state index in [1.165, 1.54) is 12.4 Å². The molecule has 1 heterocycles. The van der Waals surface area contributed by atoms with Crippen molar-refractivity contribution in [2.24, 2.45) is 11.7 Å². The molecule has 2 amide bonds. The molecule has 4 N–H and O–H groups in total. The molecule has 0 aliphatic heterocycles. The summed E-state index contributed by atoms with van der Waals surface area (Å²) in [6.45, 7) is 5.30. The van der Waals surface area contributed by atoms with Crippen LogP contribution in [0.25, 0.3) is 0 Å². The minimum absolute atomic E-state index is 0.0218. The third-order valence-corrected chi connectivity index (χ3v) is 2.51. The number of nitrogens with zero attached hydrogens (tertiary/aromatic N) is 2. The average Bonchev–Trinajstić information content (AvgIpc) is 2.37. The van der Waals surface area contributed by atoms with Gasteiger partial charge in [-0.2, -0.15) is 0 Å². The quantitative estimate of drug-likeness (QED) is 0.684. The molecule has 0 fully saturated rings. The lowest BCUT2D eigenvalue weighted by Gasteiger charge is -2.15. The van der Waals surface area contributed by atoms with Crippen molar-refractivity contribution < 1.29 is 9.59 Å². The standard InChI is InChI=1S/C12H19N5O2/c1-7(2)11(13)12(19)16-6-10(18)17-9-4-14-8(3)15-5-9/h4-5,7,11H,6,13H2,1-3H3,(H,16,19)(H,17,18)/t11-/m0/s1. The minimum atomic E-state index is -0.615. The second-order valence-electron chi connectivity index (χ2n) is 4.55. The van der Waals surface area contributed by atoms with Gasteiger partial charge in [0.05, 0.1) is 30.7 Å². The molecule has 1 aromatic rings. The highest BCUT2D eigenvalue weighted by atomic mass is 16.2. The van der Waals surface area contributed by atoms with Gasteiger partial charge < -0.3 is 16.4 Å². The van der Waals surface area contributed by atoms with Gasteiger partial charge in [0, 0.05) is 0 Å². The van der Waals surface area contributed by atoms with Gasteiger partial charge in [0.2, 0.25) is 11.8 Å². The van der Waals surface area contributed by atoms with Crippen LogP contribution < -0.4 is 16.4 Å². The lowest BCUT2D eigenvalue weighted by molar-refractivity contribution is -0.125. The van der Waals surface area contributed by atoms with E-state index in [1.807, 2.05) is 13.8 Å². The van der Waals surface area contributed by atoms with E-state index in [0.29, 0.717) is 11.5 Å². The molecule has 7 heteroatoms. The molecule has 0 radical (unpaired) electrons. The van der Waals surface area contributed by atoms with E-state index in [0.717, 1.165) is 0 Å². The largest absolute Gasteiger partial charge is 0.346 e. The number of nitrogens with one attached hydrogen (secondary N) is 2. The van der Waals surface area contributed by atoms with E-state index in [-0.39, 0.29) is 24.3 Å². The lowest BCUT2D eigenvalue weighted by Crippen LogP contribution is -2.46. The predicted octanol–water partition coefficient (Wildman–Crippen LogP) is -0.177. The van der Waals surface area contributed by atoms with Gasteiger partial charge in [0.25, 0.3) is 0 Å². The number of nitrogens with two attached hydrogens (primary N) is 1. The Morgan fingerprint density at radius 3 is 2.42 bits per heavy atom. The summed E-state index contributed by atoms with van der Waals surface area (Å²) in [7, 11) is 0. The molecule has 0 spiro atoms. The van der Waals surface area contributed by atoms with E-state index in [4.69, 9.17) is 5.73 Å². The van der Waals surface area contributed by atoms with Crippen molar-refractivity contribution >= 4 is 17.5 Å². The SMILES string of the molecule is Cc1ncc(NC(=O)CNC(=O)[C@@H](N)C(C)C)cn1. The number of amides is 2. The maximum atomic E-state index is 11.6. The summed E-state index contributed by atoms with van der Waals surface area (Å²) in [5.41, 5.74) is 6.14. The van der Waals surface area contributed by atoms with E-state index in [9.17, 15) is 9.59 Å². The third-order valence-electron chi connectivity index (χ3n) is 2.51. The van der Waals surface area contributed by atoms with Crippen molar-refractivity contribution in [3.05, 3.63) is 18.2 Å². The van der Waals surface area contributed by atoms with Crippen molar-refractivity contribution in [3.8, 4) is 0 Å². The Labute approximate surface area is 112 Å². The highest BCUT2D eigenvalue weighted by molar-refractivity contribution is 5.95. The molecule has 0 aromatic carbocycles. The van der Waals surface area contributed by atoms with Crippen molar-refractivity contribution in [3.63, 3.8) is 0 Å². The first kappa shape index (κ1) is 15.0. The number of aromatic nitrogens is 2. The molecule has 1 aromatic heterocycles. The number of rotatable bonds is 5. The van der Waals surface area contributed by atoms with Crippen molar-refractivity contribution in [2.75, 3.05) is 11.9 Å². The summed E-state index contributed by atoms with van der Waals surface area (Å²) >= 11 is 0. The van der Waals surface area contributed by atoms with Crippen LogP contribution in [0, 0.1) is 12.8 Å². The molecule has 104 valence electrons. The molecule has 0 aliphatic rings. The van der Waals surface area contributed by atoms with Gasteiger partial charge >= 0.3 is 0 Å². The normalized spacial score (nSPS) is 12.1. The first-order valence-corrected chi connectivity index (χ1v) is 6.02. The number of hydrogen-bond donors (Lipinski definition) is 3. The Bertz CT molecular complexity index is 444. The van der Waals surface area contributed by atoms with E-state index in [2.05, 4.69) is 20.6 Å². The van der Waals surface area contributed by atoms with Gasteiger partial charge in [0.1, 0.15) is 5.82 Å². The topological polar surface area (TPSA) is 110 Å². The number of carbonyl (C=O) groups is 2. The molecule has 0 saturated carbocycles. The molecule has 0 unspecified atom stereocenters. The van der Waals surface area contributed by atoms with Gasteiger partial charge in [-0.05, 0) is 12.8 Å². The van der Waals surface area contributed by atoms with Crippen molar-refractivity contribution in [1.29, 1.82) is 0 Å². The first-order chi connectivity index (χ1) is 8.90. The van der Waals surface area contributed by atoms with Gasteiger partial charge in [-0.25, -0.2) is 9.97 Å². The second-order valence-corrected chi connectivity index (χ2v) is 4.55. The van der Waals surface area contributed by atoms with Crippen LogP contribution in [0.3, 0.4) is 0 Å². The van der Waals surface area contributed by atoms with Gasteiger partial charge in [-0.1, -0.05) is 13.8 Å². The fourth-order valence-corrected chi connectivity index (χ4v) is 1.25. The Kier molecular flexibility index (Phi) is 5.37. The highest BCUT2D eigenvalue weighted by Gasteiger charge is 2.17. The number of hydrogen-bond acceptors (Lipinski definition) is 5. The molecule has 0 bridgehead atoms. The maximum Gasteiger partial charge on any atom is 0.243 e. The molecule has 7 nitrogen and oxygen atoms in total. The number of anilines is 1. The van der Waals surface area contributed by atoms with Crippen molar-refractivity contribution in [2.45, 2.75) is 26.8 Å². The van der Waals surface area contributed by atoms with Crippen LogP contribution in [0.1, 0.15) is 19.7 Å². The molecule has 0 aliphatic carbocycles. The van der Waals surface area contributed by atoms with Crippen molar-refractivity contribution in [1.82, 2.24) is 15.3 Å². The van der Waals surface area contributed by atoms with Crippen LogP contribution in [0.2, 0.25) is 0 Å². The summed E-state index contributed by atoms with van der Waals surface area (Å²) in [6, 6.07) is -0.615. The highest BCUT2D eigenvalue weighted by Crippen LogP contribution is 2.01. The molecule has 0 saturated heterocycles. The fourth-order valence-electron chi connectivity index (χ4n) is 1.25. The van der Waals surface area contributed by atoms with Crippen LogP contribution in [-0.2, 0) is 9.59 Å². The lowest BCUT2D eigenvalue weighted by atomic mass is 10.1. The van der Waals surface area contributed by atoms with E-state index in [1.54, 1.807) is 6.92 Å². The van der Waals surface area contributed by atoms with Crippen LogP contribution in [0.4, 0.5) is 5.69 Å². The zero-order valence-electron chi connectivity index (χ0n) is 11.3. The van der Waals surface area contributed by atoms with E-state index < -0.39 is 6.04 Å². The fraction of sp³-hybridized carbons (Fsp3) is 0.500. The van der Waals surface area contributed by atoms with E-state index >= 15 is 0 Å². The van der Waals surface area contributed by atoms with Crippen LogP contribution >= 0.6 is 0 Å². The van der Waals surface area contributed by atoms with Gasteiger partial charge in [-0.15, -0.1) is 0 Å². The van der Waals surface area contributed by atoms with Crippen LogP contribution in [0.5, 0.6) is 0 Å². The summed E-state index contributed by atoms with van der Waals surface area (Å²) in [5.74, 6) is -0.0511. The zero-order valence-corrected chi connectivity index (χ0v) is 11.3. The van der Waals surface area contributed by atoms with Gasteiger partial charge in [-0.3, -0.25) is 9.59 Å². The third kappa shape index (κ3) is 5.01. The zero-order chi connectivity index (χ0) is 14.4. The Morgan fingerprint density at radius 2 is 1.89 bits per heavy atom. The molecule has 19 heavy (non-hydrogen) atoms. The molecular formula is C12H19N5O2. The molecular weight excluding hydrogens is 246 g/mol. The summed E-state index contributed by atoms with van der Waals surface area (Å²) in [6.07, 6.45) is 3.00. The summed E-state index contributed by atoms with van der Waals surface area (Å²) in [4.78, 5) is 31.0. The van der Waals surface area contributed by atoms with Crippen LogP contribution in [0.15, 0.2) is 12.4 Å². The molecule has 1 rings (SSSR count). The average molecular weight is 265 g/mol. The monoisotopic (exact) mass is 265 g/mol. The summed E-state index contributed by atoms with van der Waals surface area (Å²) in [5, 5.41) is 5.05. The second kappa shape index (κ2) is 6.79. The van der Waals surface area contributed by atoms with Crippen LogP contribution in [-0.4, -0.2) is 34.4 Å². The Hall–Kier alpha value is -2.02. The smallest absolute Gasteiger partial charge is 0.243 e. The number of carbonyl (C=O) groups excluding carboxylic acids is 2. The maximum absolute atomic E-state index is 11.6. The van der Waals surface area contributed by atoms with Gasteiger partial charge in [0.15, 0.2) is 0 Å². The predicted molar refractivity (Wildman–Crippen MR) is 71.2 cm³/mol. The first-order valence-electron chi connectivity index (χ1n) is 6.02. The Morgan fingerprint density at radius 1 is 1.32 bits per heavy atom. The Balaban J connectivity index is 2.40.